The Hall–Kier alpha value is -3.86. The molecular weight excluding hydrogens is 541 g/mol. The van der Waals surface area contributed by atoms with Crippen LogP contribution in [-0.2, 0) is 11.2 Å². The Kier molecular flexibility index (Phi) is 10.6. The summed E-state index contributed by atoms with van der Waals surface area (Å²) in [5.74, 6) is -0.246. The average molecular weight is 584 g/mol. The number of urea groups is 2. The number of anilines is 2. The first-order valence-electron chi connectivity index (χ1n) is 14.7. The second kappa shape index (κ2) is 14.4. The summed E-state index contributed by atoms with van der Waals surface area (Å²) in [7, 11) is 1.74. The third kappa shape index (κ3) is 8.34. The first kappa shape index (κ1) is 31.1. The zero-order chi connectivity index (χ0) is 30.2. The predicted octanol–water partition coefficient (Wildman–Crippen LogP) is 4.59. The van der Waals surface area contributed by atoms with Crippen LogP contribution >= 0.6 is 0 Å². The van der Waals surface area contributed by atoms with Crippen LogP contribution in [0, 0.1) is 11.7 Å². The van der Waals surface area contributed by atoms with E-state index in [-0.39, 0.29) is 36.9 Å². The number of hydrogen-bond donors (Lipinski definition) is 4. The van der Waals surface area contributed by atoms with Crippen molar-refractivity contribution in [1.29, 1.82) is 0 Å². The van der Waals surface area contributed by atoms with Gasteiger partial charge in [-0.15, -0.1) is 0 Å². The minimum Gasteiger partial charge on any atom is -0.488 e. The molecule has 0 radical (unpaired) electrons. The molecular formula is C31H42FN5O5. The third-order valence-electron chi connectivity index (χ3n) is 8.01. The summed E-state index contributed by atoms with van der Waals surface area (Å²) in [6.45, 7) is 4.23. The quantitative estimate of drug-likeness (QED) is 0.380. The number of nitrogens with one attached hydrogen (secondary N) is 3. The molecule has 228 valence electrons. The van der Waals surface area contributed by atoms with Crippen LogP contribution in [0.15, 0.2) is 42.5 Å². The Labute approximate surface area is 246 Å². The number of nitrogens with zero attached hydrogens (tertiary/aromatic N) is 2. The summed E-state index contributed by atoms with van der Waals surface area (Å²) in [5, 5.41) is 18.4. The third-order valence-corrected chi connectivity index (χ3v) is 8.01. The molecule has 0 unspecified atom stereocenters. The van der Waals surface area contributed by atoms with Gasteiger partial charge in [0.15, 0.2) is 0 Å². The Bertz CT molecular complexity index is 1240. The number of amides is 5. The number of halogens is 1. The minimum absolute atomic E-state index is 0.00617. The van der Waals surface area contributed by atoms with Gasteiger partial charge in [0.05, 0.1) is 25.6 Å². The highest BCUT2D eigenvalue weighted by Crippen LogP contribution is 2.29. The van der Waals surface area contributed by atoms with Crippen LogP contribution in [0.25, 0.3) is 0 Å². The average Bonchev–Trinajstić information content (AvgIpc) is 3.01. The van der Waals surface area contributed by atoms with Crippen molar-refractivity contribution in [1.82, 2.24) is 15.1 Å². The molecule has 2 aromatic carbocycles. The molecule has 11 heteroatoms. The molecule has 0 saturated heterocycles. The summed E-state index contributed by atoms with van der Waals surface area (Å²) >= 11 is 0. The van der Waals surface area contributed by atoms with Crippen molar-refractivity contribution >= 4 is 29.3 Å². The molecule has 1 saturated carbocycles. The van der Waals surface area contributed by atoms with Gasteiger partial charge < -0.3 is 35.6 Å². The van der Waals surface area contributed by atoms with Gasteiger partial charge in [0.1, 0.15) is 17.7 Å². The van der Waals surface area contributed by atoms with Crippen LogP contribution in [0.4, 0.5) is 25.4 Å². The van der Waals surface area contributed by atoms with Crippen molar-refractivity contribution in [2.45, 2.75) is 70.6 Å². The Morgan fingerprint density at radius 1 is 1.10 bits per heavy atom. The van der Waals surface area contributed by atoms with E-state index in [1.807, 2.05) is 6.92 Å². The molecule has 42 heavy (non-hydrogen) atoms. The molecule has 4 rings (SSSR count). The SMILES string of the molecule is C[C@@H]1CN([C@H](C)CO)C(=O)Cc2cc(NC(=O)Nc3ccc(F)cc3)ccc2O[C@H]1CN(C)C(=O)NC1CCCCC1. The van der Waals surface area contributed by atoms with Crippen molar-refractivity contribution in [3.05, 3.63) is 53.8 Å². The van der Waals surface area contributed by atoms with Gasteiger partial charge in [-0.3, -0.25) is 4.79 Å². The highest BCUT2D eigenvalue weighted by Gasteiger charge is 2.32. The lowest BCUT2D eigenvalue weighted by atomic mass is 9.96. The largest absolute Gasteiger partial charge is 0.488 e. The number of fused-ring (bicyclic) bond motifs is 1. The molecule has 0 bridgehead atoms. The van der Waals surface area contributed by atoms with E-state index in [9.17, 15) is 23.9 Å². The molecule has 2 aromatic rings. The Balaban J connectivity index is 1.53. The number of aliphatic hydroxyl groups excluding tert-OH is 1. The Morgan fingerprint density at radius 2 is 1.76 bits per heavy atom. The van der Waals surface area contributed by atoms with Crippen molar-refractivity contribution in [3.63, 3.8) is 0 Å². The number of aliphatic hydroxyl groups is 1. The summed E-state index contributed by atoms with van der Waals surface area (Å²) in [6, 6.07) is 9.59. The molecule has 1 heterocycles. The lowest BCUT2D eigenvalue weighted by Crippen LogP contribution is -2.50. The molecule has 3 atom stereocenters. The van der Waals surface area contributed by atoms with Crippen LogP contribution < -0.4 is 20.7 Å². The highest BCUT2D eigenvalue weighted by molar-refractivity contribution is 6.00. The predicted molar refractivity (Wildman–Crippen MR) is 159 cm³/mol. The maximum absolute atomic E-state index is 13.4. The number of rotatable bonds is 7. The summed E-state index contributed by atoms with van der Waals surface area (Å²) < 4.78 is 19.7. The van der Waals surface area contributed by atoms with Gasteiger partial charge >= 0.3 is 12.1 Å². The van der Waals surface area contributed by atoms with Gasteiger partial charge in [0.2, 0.25) is 5.91 Å². The number of carbonyl (C=O) groups is 3. The zero-order valence-electron chi connectivity index (χ0n) is 24.6. The van der Waals surface area contributed by atoms with E-state index in [1.54, 1.807) is 42.0 Å². The number of likely N-dealkylation sites (N-methyl/N-ethyl adjacent to an activating group) is 1. The van der Waals surface area contributed by atoms with E-state index < -0.39 is 24.0 Å². The lowest BCUT2D eigenvalue weighted by molar-refractivity contribution is -0.134. The molecule has 2 aliphatic rings. The molecule has 0 aromatic heterocycles. The van der Waals surface area contributed by atoms with Crippen LogP contribution in [-0.4, -0.2) is 77.8 Å². The van der Waals surface area contributed by atoms with E-state index in [0.29, 0.717) is 35.8 Å². The van der Waals surface area contributed by atoms with Crippen molar-refractivity contribution in [3.8, 4) is 5.75 Å². The van der Waals surface area contributed by atoms with Crippen LogP contribution in [0.1, 0.15) is 51.5 Å². The standard InChI is InChI=1S/C31H42FN5O5/c1-20-17-37(21(2)19-38)29(39)16-22-15-26(34-30(40)33-25-11-9-23(32)10-12-25)13-14-27(22)42-28(20)18-36(3)31(41)35-24-7-5-4-6-8-24/h9-15,20-21,24,28,38H,4-8,16-19H2,1-3H3,(H,35,41)(H2,33,34,40)/t20-,21-,28+/m1/s1. The second-order valence-electron chi connectivity index (χ2n) is 11.5. The first-order chi connectivity index (χ1) is 20.1. The molecule has 0 spiro atoms. The van der Waals surface area contributed by atoms with Gasteiger partial charge in [-0.2, -0.15) is 0 Å². The van der Waals surface area contributed by atoms with E-state index >= 15 is 0 Å². The fourth-order valence-electron chi connectivity index (χ4n) is 5.44. The van der Waals surface area contributed by atoms with Crippen LogP contribution in [0.5, 0.6) is 5.75 Å². The summed E-state index contributed by atoms with van der Waals surface area (Å²) in [4.78, 5) is 42.3. The van der Waals surface area contributed by atoms with Gasteiger partial charge in [0.25, 0.3) is 0 Å². The monoisotopic (exact) mass is 583 g/mol. The topological polar surface area (TPSA) is 123 Å². The van der Waals surface area contributed by atoms with E-state index in [0.717, 1.165) is 25.7 Å². The van der Waals surface area contributed by atoms with E-state index in [2.05, 4.69) is 16.0 Å². The molecule has 1 fully saturated rings. The number of carbonyl (C=O) groups excluding carboxylic acids is 3. The van der Waals surface area contributed by atoms with Gasteiger partial charge in [-0.1, -0.05) is 26.2 Å². The van der Waals surface area contributed by atoms with E-state index in [4.69, 9.17) is 4.74 Å². The summed E-state index contributed by atoms with van der Waals surface area (Å²) in [6.07, 6.45) is 4.97. The Morgan fingerprint density at radius 3 is 2.45 bits per heavy atom. The fourth-order valence-corrected chi connectivity index (χ4v) is 5.44. The first-order valence-corrected chi connectivity index (χ1v) is 14.7. The highest BCUT2D eigenvalue weighted by atomic mass is 19.1. The van der Waals surface area contributed by atoms with Crippen molar-refractivity contribution in [2.75, 3.05) is 37.4 Å². The molecule has 1 aliphatic carbocycles. The van der Waals surface area contributed by atoms with Gasteiger partial charge in [0, 0.05) is 42.5 Å². The van der Waals surface area contributed by atoms with Crippen LogP contribution in [0.3, 0.4) is 0 Å². The minimum atomic E-state index is -0.524. The van der Waals surface area contributed by atoms with Crippen LogP contribution in [0.2, 0.25) is 0 Å². The molecule has 1 aliphatic heterocycles. The van der Waals surface area contributed by atoms with Crippen molar-refractivity contribution < 1.29 is 28.6 Å². The summed E-state index contributed by atoms with van der Waals surface area (Å²) in [5.41, 5.74) is 1.44. The normalized spacial score (nSPS) is 20.2. The number of benzene rings is 2. The zero-order valence-corrected chi connectivity index (χ0v) is 24.6. The molecule has 10 nitrogen and oxygen atoms in total. The number of hydrogen-bond acceptors (Lipinski definition) is 5. The number of ether oxygens (including phenoxy) is 1. The van der Waals surface area contributed by atoms with Crippen molar-refractivity contribution in [2.24, 2.45) is 5.92 Å². The fraction of sp³-hybridized carbons (Fsp3) is 0.516. The molecule has 5 amide bonds. The second-order valence-corrected chi connectivity index (χ2v) is 11.5. The molecule has 4 N–H and O–H groups in total. The smallest absolute Gasteiger partial charge is 0.323 e. The van der Waals surface area contributed by atoms with Gasteiger partial charge in [-0.25, -0.2) is 14.0 Å². The lowest BCUT2D eigenvalue weighted by Gasteiger charge is -2.34. The van der Waals surface area contributed by atoms with Gasteiger partial charge in [-0.05, 0) is 62.2 Å². The maximum Gasteiger partial charge on any atom is 0.323 e. The maximum atomic E-state index is 13.4. The van der Waals surface area contributed by atoms with E-state index in [1.165, 1.54) is 30.7 Å².